The fraction of sp³-hybridized carbons (Fsp3) is 0. The second-order valence-electron chi connectivity index (χ2n) is 12.9. The zero-order valence-corrected chi connectivity index (χ0v) is 27.7. The Bertz CT molecular complexity index is 3150. The third-order valence-electron chi connectivity index (χ3n) is 10.2. The Morgan fingerprint density at radius 1 is 0.400 bits per heavy atom. The summed E-state index contributed by atoms with van der Waals surface area (Å²) >= 11 is 1.85. The first-order valence-corrected chi connectivity index (χ1v) is 17.7. The summed E-state index contributed by atoms with van der Waals surface area (Å²) in [6.07, 6.45) is 0. The van der Waals surface area contributed by atoms with Gasteiger partial charge in [0.25, 0.3) is 0 Å². The van der Waals surface area contributed by atoms with Crippen LogP contribution in [0.25, 0.3) is 103 Å². The zero-order chi connectivity index (χ0) is 32.8. The van der Waals surface area contributed by atoms with Gasteiger partial charge in [-0.1, -0.05) is 133 Å². The van der Waals surface area contributed by atoms with Gasteiger partial charge in [-0.15, -0.1) is 11.3 Å². The van der Waals surface area contributed by atoms with Gasteiger partial charge >= 0.3 is 0 Å². The van der Waals surface area contributed by atoms with E-state index in [2.05, 4.69) is 156 Å². The smallest absolute Gasteiger partial charge is 0.165 e. The zero-order valence-electron chi connectivity index (χ0n) is 26.8. The van der Waals surface area contributed by atoms with Gasteiger partial charge < -0.3 is 0 Å². The van der Waals surface area contributed by atoms with Crippen LogP contribution in [0.3, 0.4) is 0 Å². The summed E-state index contributed by atoms with van der Waals surface area (Å²) in [6.45, 7) is 0. The number of aromatic nitrogens is 3. The third-order valence-corrected chi connectivity index (χ3v) is 11.3. The van der Waals surface area contributed by atoms with Gasteiger partial charge in [-0.05, 0) is 52.1 Å². The molecule has 4 heteroatoms. The SMILES string of the molecule is c1ccc(-c2nc3ccccc3nc2-n2c3c(-c4ccc5sc6ccccc6c5c4)cccc3c3c4ccccc4c4ccccc4c32)cc1. The molecule has 3 nitrogen and oxygen atoms in total. The summed E-state index contributed by atoms with van der Waals surface area (Å²) in [5.74, 6) is 0.824. The van der Waals surface area contributed by atoms with Gasteiger partial charge in [-0.3, -0.25) is 4.57 Å². The Balaban J connectivity index is 1.38. The Kier molecular flexibility index (Phi) is 5.83. The monoisotopic (exact) mass is 653 g/mol. The number of rotatable bonds is 3. The van der Waals surface area contributed by atoms with Gasteiger partial charge in [-0.2, -0.15) is 0 Å². The molecule has 0 N–H and O–H groups in total. The summed E-state index contributed by atoms with van der Waals surface area (Å²) in [5.41, 5.74) is 8.25. The largest absolute Gasteiger partial charge is 0.291 e. The number of para-hydroxylation sites is 3. The molecule has 3 aromatic heterocycles. The number of fused-ring (bicyclic) bond motifs is 12. The molecule has 0 aliphatic carbocycles. The Morgan fingerprint density at radius 2 is 1.02 bits per heavy atom. The van der Waals surface area contributed by atoms with Gasteiger partial charge in [0, 0.05) is 47.5 Å². The molecule has 0 aliphatic rings. The second kappa shape index (κ2) is 10.6. The molecule has 11 aromatic rings. The molecule has 11 rings (SSSR count). The number of hydrogen-bond acceptors (Lipinski definition) is 3. The maximum Gasteiger partial charge on any atom is 0.165 e. The molecule has 0 unspecified atom stereocenters. The second-order valence-corrected chi connectivity index (χ2v) is 14.0. The first kappa shape index (κ1) is 27.6. The van der Waals surface area contributed by atoms with Crippen LogP contribution in [0.1, 0.15) is 0 Å². The summed E-state index contributed by atoms with van der Waals surface area (Å²) in [5, 5.41) is 9.91. The summed E-state index contributed by atoms with van der Waals surface area (Å²) in [4.78, 5) is 10.8. The minimum absolute atomic E-state index is 0.824. The van der Waals surface area contributed by atoms with E-state index in [1.54, 1.807) is 0 Å². The van der Waals surface area contributed by atoms with Crippen LogP contribution in [-0.4, -0.2) is 14.5 Å². The van der Waals surface area contributed by atoms with Crippen LogP contribution >= 0.6 is 11.3 Å². The standard InChI is InChI=1S/C46H27N3S/c1-2-13-28(14-3-1)43-46(48-39-23-10-9-22-38(39)47-43)49-44-30(29-25-26-41-37(27-29)33-17-8-11-24-40(33)50-41)20-12-21-36(44)42-34-18-6-4-15-31(34)32-16-5-7-19-35(32)45(42)49/h1-27H. The minimum Gasteiger partial charge on any atom is -0.291 e. The molecule has 0 radical (unpaired) electrons. The topological polar surface area (TPSA) is 30.7 Å². The Hall–Kier alpha value is -6.36. The van der Waals surface area contributed by atoms with Gasteiger partial charge in [0.1, 0.15) is 5.69 Å². The number of thiophene rings is 1. The normalized spacial score (nSPS) is 12.0. The van der Waals surface area contributed by atoms with E-state index < -0.39 is 0 Å². The van der Waals surface area contributed by atoms with E-state index in [1.165, 1.54) is 58.1 Å². The number of nitrogens with zero attached hydrogens (tertiary/aromatic N) is 3. The molecule has 50 heavy (non-hydrogen) atoms. The molecule has 0 saturated heterocycles. The first-order chi connectivity index (χ1) is 24.8. The highest BCUT2D eigenvalue weighted by Crippen LogP contribution is 2.46. The van der Waals surface area contributed by atoms with E-state index in [0.717, 1.165) is 44.7 Å². The van der Waals surface area contributed by atoms with Crippen LogP contribution in [0.15, 0.2) is 164 Å². The van der Waals surface area contributed by atoms with E-state index >= 15 is 0 Å². The lowest BCUT2D eigenvalue weighted by molar-refractivity contribution is 1.08. The maximum atomic E-state index is 5.50. The summed E-state index contributed by atoms with van der Waals surface area (Å²) in [6, 6.07) is 58.8. The van der Waals surface area contributed by atoms with Crippen molar-refractivity contribution in [1.29, 1.82) is 0 Å². The predicted octanol–water partition coefficient (Wildman–Crippen LogP) is 12.7. The summed E-state index contributed by atoms with van der Waals surface area (Å²) < 4.78 is 5.03. The fourth-order valence-electron chi connectivity index (χ4n) is 8.00. The van der Waals surface area contributed by atoms with Gasteiger partial charge in [-0.25, -0.2) is 9.97 Å². The molecule has 232 valence electrons. The third kappa shape index (κ3) is 3.91. The van der Waals surface area contributed by atoms with Crippen LogP contribution in [0.5, 0.6) is 0 Å². The van der Waals surface area contributed by atoms with E-state index in [0.29, 0.717) is 0 Å². The number of benzene rings is 8. The molecule has 0 bridgehead atoms. The highest BCUT2D eigenvalue weighted by Gasteiger charge is 2.25. The van der Waals surface area contributed by atoms with Crippen molar-refractivity contribution in [2.45, 2.75) is 0 Å². The van der Waals surface area contributed by atoms with E-state index in [4.69, 9.17) is 9.97 Å². The van der Waals surface area contributed by atoms with Crippen LogP contribution in [-0.2, 0) is 0 Å². The van der Waals surface area contributed by atoms with Crippen molar-refractivity contribution >= 4 is 85.9 Å². The summed E-state index contributed by atoms with van der Waals surface area (Å²) in [7, 11) is 0. The quantitative estimate of drug-likeness (QED) is 0.178. The average molecular weight is 654 g/mol. The molecular weight excluding hydrogens is 627 g/mol. The minimum atomic E-state index is 0.824. The van der Waals surface area contributed by atoms with Crippen molar-refractivity contribution in [2.75, 3.05) is 0 Å². The highest BCUT2D eigenvalue weighted by atomic mass is 32.1. The lowest BCUT2D eigenvalue weighted by Crippen LogP contribution is -2.04. The predicted molar refractivity (Wildman–Crippen MR) is 213 cm³/mol. The lowest BCUT2D eigenvalue weighted by Gasteiger charge is -2.16. The molecule has 0 atom stereocenters. The average Bonchev–Trinajstić information content (AvgIpc) is 3.74. The van der Waals surface area contributed by atoms with Gasteiger partial charge in [0.05, 0.1) is 22.1 Å². The van der Waals surface area contributed by atoms with Crippen molar-refractivity contribution in [1.82, 2.24) is 14.5 Å². The van der Waals surface area contributed by atoms with Gasteiger partial charge in [0.15, 0.2) is 5.82 Å². The van der Waals surface area contributed by atoms with E-state index in [-0.39, 0.29) is 0 Å². The van der Waals surface area contributed by atoms with Crippen molar-refractivity contribution in [3.63, 3.8) is 0 Å². The lowest BCUT2D eigenvalue weighted by atomic mass is 9.95. The van der Waals surface area contributed by atoms with Crippen LogP contribution in [0.4, 0.5) is 0 Å². The van der Waals surface area contributed by atoms with Crippen molar-refractivity contribution < 1.29 is 0 Å². The highest BCUT2D eigenvalue weighted by molar-refractivity contribution is 7.25. The fourth-order valence-corrected chi connectivity index (χ4v) is 9.09. The number of hydrogen-bond donors (Lipinski definition) is 0. The van der Waals surface area contributed by atoms with E-state index in [9.17, 15) is 0 Å². The Labute approximate surface area is 291 Å². The molecule has 0 saturated carbocycles. The molecule has 0 aliphatic heterocycles. The van der Waals surface area contributed by atoms with Crippen LogP contribution in [0, 0.1) is 0 Å². The molecule has 0 amide bonds. The van der Waals surface area contributed by atoms with Crippen molar-refractivity contribution in [3.8, 4) is 28.2 Å². The van der Waals surface area contributed by atoms with E-state index in [1.807, 2.05) is 23.5 Å². The first-order valence-electron chi connectivity index (χ1n) is 16.9. The molecule has 8 aromatic carbocycles. The molecule has 0 fully saturated rings. The van der Waals surface area contributed by atoms with Gasteiger partial charge in [0.2, 0.25) is 0 Å². The molecule has 3 heterocycles. The Morgan fingerprint density at radius 3 is 1.84 bits per heavy atom. The van der Waals surface area contributed by atoms with Crippen LogP contribution < -0.4 is 0 Å². The van der Waals surface area contributed by atoms with Crippen molar-refractivity contribution in [2.24, 2.45) is 0 Å². The maximum absolute atomic E-state index is 5.50. The molecular formula is C46H27N3S. The van der Waals surface area contributed by atoms with Crippen LogP contribution in [0.2, 0.25) is 0 Å². The molecule has 0 spiro atoms. The van der Waals surface area contributed by atoms with Crippen molar-refractivity contribution in [3.05, 3.63) is 164 Å².